The van der Waals surface area contributed by atoms with Gasteiger partial charge in [-0.3, -0.25) is 0 Å². The monoisotopic (exact) mass is 355 g/mol. The summed E-state index contributed by atoms with van der Waals surface area (Å²) in [5, 5.41) is 2.74. The second-order valence-corrected chi connectivity index (χ2v) is 8.25. The lowest BCUT2D eigenvalue weighted by atomic mass is 9.97. The van der Waals surface area contributed by atoms with E-state index in [0.717, 1.165) is 5.75 Å². The lowest BCUT2D eigenvalue weighted by Crippen LogP contribution is -2.19. The molecule has 1 aliphatic carbocycles. The lowest BCUT2D eigenvalue weighted by Gasteiger charge is -2.29. The van der Waals surface area contributed by atoms with Crippen LogP contribution in [-0.2, 0) is 0 Å². The molecule has 0 unspecified atom stereocenters. The Bertz CT molecular complexity index is 774. The van der Waals surface area contributed by atoms with Gasteiger partial charge in [0.25, 0.3) is 0 Å². The van der Waals surface area contributed by atoms with E-state index >= 15 is 0 Å². The highest BCUT2D eigenvalue weighted by Gasteiger charge is 2.37. The average Bonchev–Trinajstić information content (AvgIpc) is 3.19. The molecule has 0 saturated heterocycles. The second-order valence-electron chi connectivity index (χ2n) is 6.06. The SMILES string of the molecule is COc1ccc([C]2[CH][CH][CH][C]2P(c2ccccc2)c2ccccc2)cc1. The highest BCUT2D eigenvalue weighted by molar-refractivity contribution is 7.76. The van der Waals surface area contributed by atoms with Crippen molar-refractivity contribution in [1.29, 1.82) is 0 Å². The molecule has 1 saturated carbocycles. The van der Waals surface area contributed by atoms with Crippen LogP contribution in [0.25, 0.3) is 0 Å². The van der Waals surface area contributed by atoms with Crippen LogP contribution < -0.4 is 15.3 Å². The van der Waals surface area contributed by atoms with Crippen LogP contribution in [-0.4, -0.2) is 7.11 Å². The van der Waals surface area contributed by atoms with Gasteiger partial charge < -0.3 is 4.74 Å². The lowest BCUT2D eigenvalue weighted by molar-refractivity contribution is 0.414. The maximum Gasteiger partial charge on any atom is 0.118 e. The highest BCUT2D eigenvalue weighted by Crippen LogP contribution is 2.57. The normalized spacial score (nSPS) is 15.5. The summed E-state index contributed by atoms with van der Waals surface area (Å²) in [5.74, 6) is 2.18. The first-order valence-electron chi connectivity index (χ1n) is 8.67. The first-order chi connectivity index (χ1) is 12.9. The zero-order valence-electron chi connectivity index (χ0n) is 14.7. The maximum absolute atomic E-state index is 5.31. The zero-order chi connectivity index (χ0) is 17.8. The Hall–Kier alpha value is -2.11. The molecule has 0 aromatic heterocycles. The van der Waals surface area contributed by atoms with Crippen molar-refractivity contribution in [2.75, 3.05) is 7.11 Å². The number of benzene rings is 3. The van der Waals surface area contributed by atoms with E-state index in [-0.39, 0.29) is 0 Å². The van der Waals surface area contributed by atoms with Crippen LogP contribution in [0.5, 0.6) is 5.75 Å². The summed E-state index contributed by atoms with van der Waals surface area (Å²) >= 11 is 0. The van der Waals surface area contributed by atoms with E-state index in [1.807, 2.05) is 12.1 Å². The predicted molar refractivity (Wildman–Crippen MR) is 111 cm³/mol. The zero-order valence-corrected chi connectivity index (χ0v) is 15.6. The fourth-order valence-corrected chi connectivity index (χ4v) is 5.68. The number of ether oxygens (including phenoxy) is 1. The van der Waals surface area contributed by atoms with Gasteiger partial charge in [0.05, 0.1) is 7.11 Å². The largest absolute Gasteiger partial charge is 0.497 e. The van der Waals surface area contributed by atoms with Crippen LogP contribution in [0.15, 0.2) is 84.9 Å². The standard InChI is InChI=1S/C24H20OP/c1-25-20-17-15-19(16-18-20)23-13-8-14-24(23)26(21-9-4-2-5-10-21)22-11-6-3-7-12-22/h2-18H,1H3. The molecule has 0 N–H and O–H groups in total. The van der Waals surface area contributed by atoms with Crippen LogP contribution in [0.3, 0.4) is 0 Å². The molecule has 5 radical (unpaired) electrons. The van der Waals surface area contributed by atoms with E-state index in [9.17, 15) is 0 Å². The van der Waals surface area contributed by atoms with Gasteiger partial charge in [-0.25, -0.2) is 0 Å². The predicted octanol–water partition coefficient (Wildman–Crippen LogP) is 4.91. The summed E-state index contributed by atoms with van der Waals surface area (Å²) in [6.45, 7) is 0. The first-order valence-corrected chi connectivity index (χ1v) is 10.0. The molecule has 3 aromatic rings. The Balaban J connectivity index is 1.72. The Morgan fingerprint density at radius 1 is 0.654 bits per heavy atom. The molecule has 1 fully saturated rings. The minimum Gasteiger partial charge on any atom is -0.497 e. The molecular formula is C24H20OP. The summed E-state index contributed by atoms with van der Waals surface area (Å²) in [6, 6.07) is 30.0. The highest BCUT2D eigenvalue weighted by atomic mass is 31.1. The van der Waals surface area contributed by atoms with Crippen molar-refractivity contribution >= 4 is 18.5 Å². The van der Waals surface area contributed by atoms with Gasteiger partial charge in [-0.05, 0) is 55.5 Å². The summed E-state index contributed by atoms with van der Waals surface area (Å²) in [7, 11) is 1.11. The molecule has 2 heteroatoms. The number of rotatable bonds is 5. The van der Waals surface area contributed by atoms with Gasteiger partial charge in [0.2, 0.25) is 0 Å². The Labute approximate surface area is 157 Å². The molecule has 0 heterocycles. The van der Waals surface area contributed by atoms with Crippen LogP contribution in [0.1, 0.15) is 5.56 Å². The second kappa shape index (κ2) is 8.06. The van der Waals surface area contributed by atoms with E-state index in [0.29, 0.717) is 0 Å². The van der Waals surface area contributed by atoms with Crippen molar-refractivity contribution in [1.82, 2.24) is 0 Å². The average molecular weight is 355 g/mol. The number of methoxy groups -OCH3 is 1. The molecule has 0 atom stereocenters. The Kier molecular flexibility index (Phi) is 5.37. The Morgan fingerprint density at radius 2 is 1.23 bits per heavy atom. The molecule has 3 aromatic carbocycles. The quantitative estimate of drug-likeness (QED) is 0.591. The van der Waals surface area contributed by atoms with Crippen molar-refractivity contribution in [3.8, 4) is 5.75 Å². The van der Waals surface area contributed by atoms with Gasteiger partial charge in [0.15, 0.2) is 0 Å². The molecule has 1 nitrogen and oxygen atoms in total. The fraction of sp³-hybridized carbons (Fsp3) is 0.0417. The smallest absolute Gasteiger partial charge is 0.118 e. The van der Waals surface area contributed by atoms with E-state index in [1.54, 1.807) is 7.11 Å². The summed E-state index contributed by atoms with van der Waals surface area (Å²) in [6.07, 6.45) is 6.65. The molecule has 1 aliphatic rings. The van der Waals surface area contributed by atoms with Crippen molar-refractivity contribution in [2.24, 2.45) is 0 Å². The van der Waals surface area contributed by atoms with Gasteiger partial charge in [-0.1, -0.05) is 72.8 Å². The minimum atomic E-state index is -0.596. The molecule has 127 valence electrons. The van der Waals surface area contributed by atoms with Gasteiger partial charge in [-0.15, -0.1) is 0 Å². The van der Waals surface area contributed by atoms with E-state index in [4.69, 9.17) is 4.74 Å². The summed E-state index contributed by atoms with van der Waals surface area (Å²) in [5.41, 5.74) is 2.62. The third kappa shape index (κ3) is 3.55. The van der Waals surface area contributed by atoms with Crippen LogP contribution in [0.2, 0.25) is 0 Å². The molecular weight excluding hydrogens is 335 g/mol. The topological polar surface area (TPSA) is 9.23 Å². The molecule has 0 amide bonds. The van der Waals surface area contributed by atoms with Gasteiger partial charge in [0.1, 0.15) is 5.75 Å². The van der Waals surface area contributed by atoms with E-state index in [1.165, 1.54) is 27.7 Å². The summed E-state index contributed by atoms with van der Waals surface area (Å²) < 4.78 is 5.31. The Morgan fingerprint density at radius 3 is 1.77 bits per heavy atom. The van der Waals surface area contributed by atoms with Crippen molar-refractivity contribution in [3.05, 3.63) is 121 Å². The van der Waals surface area contributed by atoms with Gasteiger partial charge in [-0.2, -0.15) is 0 Å². The molecule has 0 bridgehead atoms. The third-order valence-corrected chi connectivity index (χ3v) is 6.96. The van der Waals surface area contributed by atoms with Crippen LogP contribution >= 0.6 is 7.92 Å². The van der Waals surface area contributed by atoms with Gasteiger partial charge >= 0.3 is 0 Å². The molecule has 0 aliphatic heterocycles. The van der Waals surface area contributed by atoms with E-state index in [2.05, 4.69) is 92.1 Å². The van der Waals surface area contributed by atoms with Crippen molar-refractivity contribution in [2.45, 2.75) is 0 Å². The van der Waals surface area contributed by atoms with Gasteiger partial charge in [0, 0.05) is 11.6 Å². The van der Waals surface area contributed by atoms with E-state index < -0.39 is 7.92 Å². The minimum absolute atomic E-state index is 0.596. The van der Waals surface area contributed by atoms with Crippen LogP contribution in [0, 0.1) is 30.8 Å². The molecule has 0 spiro atoms. The molecule has 4 rings (SSSR count). The fourth-order valence-electron chi connectivity index (χ4n) is 3.20. The summed E-state index contributed by atoms with van der Waals surface area (Å²) in [4.78, 5) is 0. The number of hydrogen-bond donors (Lipinski definition) is 0. The maximum atomic E-state index is 5.31. The number of hydrogen-bond acceptors (Lipinski definition) is 1. The van der Waals surface area contributed by atoms with Crippen LogP contribution in [0.4, 0.5) is 0 Å². The third-order valence-electron chi connectivity index (χ3n) is 4.46. The van der Waals surface area contributed by atoms with Crippen molar-refractivity contribution in [3.63, 3.8) is 0 Å². The molecule has 26 heavy (non-hydrogen) atoms. The first kappa shape index (κ1) is 17.3. The van der Waals surface area contributed by atoms with Crippen molar-refractivity contribution < 1.29 is 4.74 Å².